The lowest BCUT2D eigenvalue weighted by atomic mass is 10.2. The predicted octanol–water partition coefficient (Wildman–Crippen LogP) is 1.42. The minimum Gasteiger partial charge on any atom is -0.370 e. The smallest absolute Gasteiger partial charge is 0.191 e. The number of aliphatic imine (C=N–C) groups is 1. The van der Waals surface area contributed by atoms with Crippen molar-refractivity contribution in [2.75, 3.05) is 13.1 Å². The summed E-state index contributed by atoms with van der Waals surface area (Å²) in [5, 5.41) is 4.25. The molecule has 2 N–H and O–H groups in total. The second-order valence-corrected chi connectivity index (χ2v) is 5.11. The Balaban J connectivity index is 1.73. The summed E-state index contributed by atoms with van der Waals surface area (Å²) in [6.45, 7) is 2.56. The van der Waals surface area contributed by atoms with Gasteiger partial charge in [0.1, 0.15) is 0 Å². The van der Waals surface area contributed by atoms with Crippen LogP contribution in [0.2, 0.25) is 0 Å². The van der Waals surface area contributed by atoms with Crippen LogP contribution < -0.4 is 5.73 Å². The molecule has 3 heterocycles. The van der Waals surface area contributed by atoms with E-state index in [0.717, 1.165) is 24.4 Å². The van der Waals surface area contributed by atoms with E-state index in [-0.39, 0.29) is 0 Å². The van der Waals surface area contributed by atoms with Crippen LogP contribution >= 0.6 is 0 Å². The lowest BCUT2D eigenvalue weighted by Gasteiger charge is -2.21. The molecule has 3 rings (SSSR count). The molecule has 2 aromatic rings. The van der Waals surface area contributed by atoms with E-state index in [2.05, 4.69) is 20.0 Å². The molecule has 0 spiro atoms. The number of guanidine groups is 1. The van der Waals surface area contributed by atoms with E-state index < -0.39 is 0 Å². The third-order valence-electron chi connectivity index (χ3n) is 3.70. The number of likely N-dealkylation sites (tertiary alicyclic amines) is 1. The van der Waals surface area contributed by atoms with Crippen molar-refractivity contribution < 1.29 is 0 Å². The van der Waals surface area contributed by atoms with Gasteiger partial charge in [0.05, 0.1) is 18.4 Å². The molecule has 0 bridgehead atoms. The average Bonchev–Trinajstić information content (AvgIpc) is 2.79. The first-order valence-electron chi connectivity index (χ1n) is 7.17. The Morgan fingerprint density at radius 3 is 2.75 bits per heavy atom. The minimum absolute atomic E-state index is 0.531. The summed E-state index contributed by atoms with van der Waals surface area (Å²) in [5.41, 5.74) is 7.95. The van der Waals surface area contributed by atoms with E-state index >= 15 is 0 Å². The molecule has 1 fully saturated rings. The highest BCUT2D eigenvalue weighted by molar-refractivity contribution is 5.78. The van der Waals surface area contributed by atoms with Crippen molar-refractivity contribution in [2.24, 2.45) is 10.7 Å². The third-order valence-corrected chi connectivity index (χ3v) is 3.70. The maximum atomic E-state index is 6.12. The molecule has 0 saturated carbocycles. The van der Waals surface area contributed by atoms with Crippen LogP contribution in [-0.2, 0) is 6.54 Å². The molecule has 1 saturated heterocycles. The standard InChI is InChI=1S/C14H20N6/c15-14(19-9-3-1-2-4-10-19)17-11-12-5-7-16-13-6-8-18-20(12)13/h5-8H,1-4,9-11H2,(H2,15,17). The summed E-state index contributed by atoms with van der Waals surface area (Å²) < 4.78 is 1.80. The molecular weight excluding hydrogens is 252 g/mol. The van der Waals surface area contributed by atoms with Crippen LogP contribution in [-0.4, -0.2) is 38.5 Å². The number of fused-ring (bicyclic) bond motifs is 1. The van der Waals surface area contributed by atoms with Gasteiger partial charge in [-0.05, 0) is 18.9 Å². The summed E-state index contributed by atoms with van der Waals surface area (Å²) in [6, 6.07) is 3.81. The van der Waals surface area contributed by atoms with Crippen LogP contribution in [0.3, 0.4) is 0 Å². The molecule has 0 amide bonds. The molecule has 0 unspecified atom stereocenters. The van der Waals surface area contributed by atoms with Crippen LogP contribution in [0, 0.1) is 0 Å². The topological polar surface area (TPSA) is 71.8 Å². The number of rotatable bonds is 2. The lowest BCUT2D eigenvalue weighted by Crippen LogP contribution is -2.38. The average molecular weight is 272 g/mol. The molecule has 6 heteroatoms. The molecule has 1 aliphatic heterocycles. The Bertz CT molecular complexity index is 594. The zero-order chi connectivity index (χ0) is 13.8. The minimum atomic E-state index is 0.531. The van der Waals surface area contributed by atoms with Gasteiger partial charge < -0.3 is 10.6 Å². The first-order chi connectivity index (χ1) is 9.84. The summed E-state index contributed by atoms with van der Waals surface area (Å²) in [4.78, 5) is 11.0. The van der Waals surface area contributed by atoms with Crippen molar-refractivity contribution in [2.45, 2.75) is 32.2 Å². The fourth-order valence-electron chi connectivity index (χ4n) is 2.57. The van der Waals surface area contributed by atoms with Crippen molar-refractivity contribution in [1.29, 1.82) is 0 Å². The van der Waals surface area contributed by atoms with Crippen LogP contribution in [0.1, 0.15) is 31.4 Å². The molecule has 1 aliphatic rings. The number of aromatic nitrogens is 3. The second-order valence-electron chi connectivity index (χ2n) is 5.11. The maximum absolute atomic E-state index is 6.12. The fourth-order valence-corrected chi connectivity index (χ4v) is 2.57. The highest BCUT2D eigenvalue weighted by atomic mass is 15.3. The number of hydrogen-bond donors (Lipinski definition) is 1. The molecule has 0 aromatic carbocycles. The Morgan fingerprint density at radius 2 is 1.95 bits per heavy atom. The fraction of sp³-hybridized carbons (Fsp3) is 0.500. The van der Waals surface area contributed by atoms with Gasteiger partial charge in [-0.1, -0.05) is 12.8 Å². The summed E-state index contributed by atoms with van der Waals surface area (Å²) >= 11 is 0. The van der Waals surface area contributed by atoms with Gasteiger partial charge in [-0.15, -0.1) is 0 Å². The SMILES string of the molecule is NC(=NCc1ccnc2ccnn12)N1CCCCCC1. The van der Waals surface area contributed by atoms with Crippen LogP contribution in [0.5, 0.6) is 0 Å². The van der Waals surface area contributed by atoms with Crippen molar-refractivity contribution in [3.8, 4) is 0 Å². The van der Waals surface area contributed by atoms with Crippen molar-refractivity contribution in [3.05, 3.63) is 30.2 Å². The van der Waals surface area contributed by atoms with Gasteiger partial charge in [-0.25, -0.2) is 14.5 Å². The highest BCUT2D eigenvalue weighted by Gasteiger charge is 2.11. The van der Waals surface area contributed by atoms with Gasteiger partial charge in [-0.2, -0.15) is 5.10 Å². The van der Waals surface area contributed by atoms with Crippen LogP contribution in [0.15, 0.2) is 29.5 Å². The number of nitrogens with zero attached hydrogens (tertiary/aromatic N) is 5. The van der Waals surface area contributed by atoms with Gasteiger partial charge in [0.15, 0.2) is 11.6 Å². The Kier molecular flexibility index (Phi) is 3.80. The van der Waals surface area contributed by atoms with E-state index in [1.807, 2.05) is 12.1 Å². The zero-order valence-corrected chi connectivity index (χ0v) is 11.6. The molecule has 6 nitrogen and oxygen atoms in total. The number of nitrogens with two attached hydrogens (primary N) is 1. The van der Waals surface area contributed by atoms with E-state index in [9.17, 15) is 0 Å². The highest BCUT2D eigenvalue weighted by Crippen LogP contribution is 2.10. The largest absolute Gasteiger partial charge is 0.370 e. The predicted molar refractivity (Wildman–Crippen MR) is 78.4 cm³/mol. The molecule has 0 atom stereocenters. The quantitative estimate of drug-likeness (QED) is 0.663. The Hall–Kier alpha value is -2.11. The van der Waals surface area contributed by atoms with Gasteiger partial charge in [-0.3, -0.25) is 0 Å². The summed E-state index contributed by atoms with van der Waals surface area (Å²) in [6.07, 6.45) is 8.52. The normalized spacial score (nSPS) is 17.4. The first kappa shape index (κ1) is 12.9. The monoisotopic (exact) mass is 272 g/mol. The molecule has 106 valence electrons. The number of hydrogen-bond acceptors (Lipinski definition) is 3. The van der Waals surface area contributed by atoms with Gasteiger partial charge in [0, 0.05) is 25.4 Å². The summed E-state index contributed by atoms with van der Waals surface area (Å²) in [5.74, 6) is 0.643. The Morgan fingerprint density at radius 1 is 1.15 bits per heavy atom. The van der Waals surface area contributed by atoms with Gasteiger partial charge >= 0.3 is 0 Å². The molecule has 0 aliphatic carbocycles. The molecule has 20 heavy (non-hydrogen) atoms. The van der Waals surface area contributed by atoms with E-state index in [4.69, 9.17) is 5.73 Å². The zero-order valence-electron chi connectivity index (χ0n) is 11.6. The van der Waals surface area contributed by atoms with E-state index in [1.54, 1.807) is 16.9 Å². The van der Waals surface area contributed by atoms with Crippen molar-refractivity contribution in [1.82, 2.24) is 19.5 Å². The van der Waals surface area contributed by atoms with Gasteiger partial charge in [0.25, 0.3) is 0 Å². The van der Waals surface area contributed by atoms with E-state index in [1.165, 1.54) is 25.7 Å². The second kappa shape index (κ2) is 5.90. The molecule has 2 aromatic heterocycles. The Labute approximate surface area is 118 Å². The maximum Gasteiger partial charge on any atom is 0.191 e. The first-order valence-corrected chi connectivity index (χ1v) is 7.17. The van der Waals surface area contributed by atoms with Crippen molar-refractivity contribution in [3.63, 3.8) is 0 Å². The van der Waals surface area contributed by atoms with Gasteiger partial charge in [0.2, 0.25) is 0 Å². The lowest BCUT2D eigenvalue weighted by molar-refractivity contribution is 0.428. The molecule has 0 radical (unpaired) electrons. The van der Waals surface area contributed by atoms with Crippen LogP contribution in [0.25, 0.3) is 5.65 Å². The van der Waals surface area contributed by atoms with Crippen molar-refractivity contribution >= 4 is 11.6 Å². The summed E-state index contributed by atoms with van der Waals surface area (Å²) in [7, 11) is 0. The van der Waals surface area contributed by atoms with E-state index in [0.29, 0.717) is 12.5 Å². The van der Waals surface area contributed by atoms with Crippen LogP contribution in [0.4, 0.5) is 0 Å². The molecular formula is C14H20N6. The third kappa shape index (κ3) is 2.74.